The van der Waals surface area contributed by atoms with Gasteiger partial charge in [0.25, 0.3) is 0 Å². The summed E-state index contributed by atoms with van der Waals surface area (Å²) in [6.45, 7) is 7.79. The van der Waals surface area contributed by atoms with Crippen LogP contribution in [0.4, 0.5) is 0 Å². The van der Waals surface area contributed by atoms with E-state index in [1.807, 2.05) is 4.90 Å². The Morgan fingerprint density at radius 1 is 1.29 bits per heavy atom. The molecular weight excluding hydrogens is 266 g/mol. The first-order chi connectivity index (χ1) is 9.99. The number of hydrogen-bond acceptors (Lipinski definition) is 4. The van der Waals surface area contributed by atoms with Crippen molar-refractivity contribution in [3.63, 3.8) is 0 Å². The molecule has 5 heteroatoms. The van der Waals surface area contributed by atoms with Crippen molar-refractivity contribution in [2.75, 3.05) is 20.2 Å². The minimum absolute atomic E-state index is 0.0503. The highest BCUT2D eigenvalue weighted by Crippen LogP contribution is 2.28. The van der Waals surface area contributed by atoms with Gasteiger partial charge in [0.05, 0.1) is 12.1 Å². The van der Waals surface area contributed by atoms with Crippen LogP contribution in [-0.2, 0) is 9.53 Å². The van der Waals surface area contributed by atoms with Gasteiger partial charge in [0.2, 0.25) is 5.91 Å². The van der Waals surface area contributed by atoms with Crippen molar-refractivity contribution in [2.45, 2.75) is 76.7 Å². The van der Waals surface area contributed by atoms with Crippen molar-refractivity contribution >= 4 is 5.91 Å². The molecular formula is C16H31N3O2. The van der Waals surface area contributed by atoms with Gasteiger partial charge in [-0.1, -0.05) is 0 Å². The second-order valence-electron chi connectivity index (χ2n) is 6.70. The van der Waals surface area contributed by atoms with E-state index in [1.165, 1.54) is 12.8 Å². The third-order valence-electron chi connectivity index (χ3n) is 5.38. The summed E-state index contributed by atoms with van der Waals surface area (Å²) in [7, 11) is 1.74. The summed E-state index contributed by atoms with van der Waals surface area (Å²) in [6.07, 6.45) is 4.38. The van der Waals surface area contributed by atoms with E-state index >= 15 is 0 Å². The predicted molar refractivity (Wildman–Crippen MR) is 84.0 cm³/mol. The van der Waals surface area contributed by atoms with Crippen molar-refractivity contribution in [3.8, 4) is 0 Å². The van der Waals surface area contributed by atoms with E-state index in [4.69, 9.17) is 10.5 Å². The maximum Gasteiger partial charge on any atom is 0.239 e. The van der Waals surface area contributed by atoms with Gasteiger partial charge in [0.1, 0.15) is 0 Å². The molecule has 0 aromatic carbocycles. The van der Waals surface area contributed by atoms with Crippen molar-refractivity contribution in [3.05, 3.63) is 0 Å². The van der Waals surface area contributed by atoms with Crippen LogP contribution >= 0.6 is 0 Å². The first-order valence-corrected chi connectivity index (χ1v) is 8.30. The standard InChI is InChI=1S/C16H31N3O2/c1-11-5-6-12(2)19(11)13(3)16(20)18-8-7-15(21-4)9-14(18)10-17/h11-15H,5-10,17H2,1-4H3. The monoisotopic (exact) mass is 297 g/mol. The van der Waals surface area contributed by atoms with Crippen LogP contribution in [0.5, 0.6) is 0 Å². The topological polar surface area (TPSA) is 58.8 Å². The van der Waals surface area contributed by atoms with Crippen LogP contribution < -0.4 is 5.73 Å². The highest BCUT2D eigenvalue weighted by atomic mass is 16.5. The molecule has 21 heavy (non-hydrogen) atoms. The van der Waals surface area contributed by atoms with Gasteiger partial charge in [-0.05, 0) is 46.5 Å². The van der Waals surface area contributed by atoms with E-state index in [0.717, 1.165) is 19.4 Å². The Morgan fingerprint density at radius 2 is 1.90 bits per heavy atom. The number of ether oxygens (including phenoxy) is 1. The Hall–Kier alpha value is -0.650. The zero-order valence-corrected chi connectivity index (χ0v) is 13.9. The van der Waals surface area contributed by atoms with Crippen molar-refractivity contribution in [2.24, 2.45) is 5.73 Å². The molecule has 0 spiro atoms. The molecule has 5 atom stereocenters. The molecule has 0 aliphatic carbocycles. The van der Waals surface area contributed by atoms with Crippen molar-refractivity contribution in [1.82, 2.24) is 9.80 Å². The number of hydrogen-bond donors (Lipinski definition) is 1. The molecule has 2 fully saturated rings. The third-order valence-corrected chi connectivity index (χ3v) is 5.38. The second-order valence-corrected chi connectivity index (χ2v) is 6.70. The molecule has 2 heterocycles. The Balaban J connectivity index is 2.04. The predicted octanol–water partition coefficient (Wildman–Crippen LogP) is 1.21. The van der Waals surface area contributed by atoms with Crippen LogP contribution in [0.15, 0.2) is 0 Å². The first kappa shape index (κ1) is 16.7. The number of likely N-dealkylation sites (tertiary alicyclic amines) is 2. The van der Waals surface area contributed by atoms with Crippen LogP contribution in [-0.4, -0.2) is 66.2 Å². The molecule has 0 aromatic heterocycles. The number of carbonyl (C=O) groups excluding carboxylic acids is 1. The van der Waals surface area contributed by atoms with Crippen LogP contribution in [0, 0.1) is 0 Å². The molecule has 2 N–H and O–H groups in total. The number of nitrogens with zero attached hydrogens (tertiary/aromatic N) is 2. The molecule has 0 radical (unpaired) electrons. The van der Waals surface area contributed by atoms with Crippen LogP contribution in [0.1, 0.15) is 46.5 Å². The Morgan fingerprint density at radius 3 is 2.43 bits per heavy atom. The minimum Gasteiger partial charge on any atom is -0.381 e. The van der Waals surface area contributed by atoms with Crippen molar-refractivity contribution < 1.29 is 9.53 Å². The summed E-state index contributed by atoms with van der Waals surface area (Å²) in [6, 6.07) is 1.05. The molecule has 2 saturated heterocycles. The quantitative estimate of drug-likeness (QED) is 0.847. The van der Waals surface area contributed by atoms with E-state index < -0.39 is 0 Å². The Bertz CT molecular complexity index is 353. The lowest BCUT2D eigenvalue weighted by Crippen LogP contribution is -2.57. The smallest absolute Gasteiger partial charge is 0.239 e. The lowest BCUT2D eigenvalue weighted by molar-refractivity contribution is -0.143. The zero-order chi connectivity index (χ0) is 15.6. The van der Waals surface area contributed by atoms with Gasteiger partial charge < -0.3 is 15.4 Å². The fourth-order valence-electron chi connectivity index (χ4n) is 4.09. The number of carbonyl (C=O) groups is 1. The summed E-state index contributed by atoms with van der Waals surface area (Å²) in [5.41, 5.74) is 5.89. The summed E-state index contributed by atoms with van der Waals surface area (Å²) in [4.78, 5) is 17.3. The van der Waals surface area contributed by atoms with E-state index in [9.17, 15) is 4.79 Å². The van der Waals surface area contributed by atoms with E-state index in [-0.39, 0.29) is 24.1 Å². The molecule has 0 saturated carbocycles. The molecule has 5 unspecified atom stereocenters. The fourth-order valence-corrected chi connectivity index (χ4v) is 4.09. The van der Waals surface area contributed by atoms with Gasteiger partial charge >= 0.3 is 0 Å². The largest absolute Gasteiger partial charge is 0.381 e. The normalized spacial score (nSPS) is 36.0. The molecule has 0 bridgehead atoms. The SMILES string of the molecule is COC1CCN(C(=O)C(C)N2C(C)CCC2C)C(CN)C1. The molecule has 5 nitrogen and oxygen atoms in total. The molecule has 1 amide bonds. The summed E-state index contributed by atoms with van der Waals surface area (Å²) < 4.78 is 5.44. The highest BCUT2D eigenvalue weighted by molar-refractivity contribution is 5.82. The van der Waals surface area contributed by atoms with Gasteiger partial charge in [-0.25, -0.2) is 0 Å². The summed E-state index contributed by atoms with van der Waals surface area (Å²) in [5.74, 6) is 0.237. The average Bonchev–Trinajstić information content (AvgIpc) is 2.84. The van der Waals surface area contributed by atoms with Gasteiger partial charge in [0.15, 0.2) is 0 Å². The number of methoxy groups -OCH3 is 1. The fraction of sp³-hybridized carbons (Fsp3) is 0.938. The second kappa shape index (κ2) is 7.07. The van der Waals surface area contributed by atoms with Crippen LogP contribution in [0.2, 0.25) is 0 Å². The average molecular weight is 297 g/mol. The number of rotatable bonds is 4. The van der Waals surface area contributed by atoms with E-state index in [0.29, 0.717) is 18.6 Å². The molecule has 2 aliphatic heterocycles. The minimum atomic E-state index is -0.0503. The summed E-state index contributed by atoms with van der Waals surface area (Å²) >= 11 is 0. The highest BCUT2D eigenvalue weighted by Gasteiger charge is 2.39. The molecule has 2 rings (SSSR count). The van der Waals surface area contributed by atoms with Gasteiger partial charge in [-0.2, -0.15) is 0 Å². The van der Waals surface area contributed by atoms with Gasteiger partial charge in [-0.3, -0.25) is 9.69 Å². The Labute approximate surface area is 128 Å². The zero-order valence-electron chi connectivity index (χ0n) is 13.9. The van der Waals surface area contributed by atoms with Crippen LogP contribution in [0.3, 0.4) is 0 Å². The Kier molecular flexibility index (Phi) is 5.63. The first-order valence-electron chi connectivity index (χ1n) is 8.30. The lowest BCUT2D eigenvalue weighted by Gasteiger charge is -2.42. The molecule has 122 valence electrons. The summed E-state index contributed by atoms with van der Waals surface area (Å²) in [5, 5.41) is 0. The van der Waals surface area contributed by atoms with Gasteiger partial charge in [-0.15, -0.1) is 0 Å². The van der Waals surface area contributed by atoms with E-state index in [1.54, 1.807) is 7.11 Å². The van der Waals surface area contributed by atoms with E-state index in [2.05, 4.69) is 25.7 Å². The van der Waals surface area contributed by atoms with Crippen molar-refractivity contribution in [1.29, 1.82) is 0 Å². The van der Waals surface area contributed by atoms with Crippen LogP contribution in [0.25, 0.3) is 0 Å². The number of piperidine rings is 1. The van der Waals surface area contributed by atoms with Gasteiger partial charge in [0, 0.05) is 38.3 Å². The maximum atomic E-state index is 12.9. The number of nitrogens with two attached hydrogens (primary N) is 1. The third kappa shape index (κ3) is 3.41. The maximum absolute atomic E-state index is 12.9. The number of amides is 1. The lowest BCUT2D eigenvalue weighted by atomic mass is 9.98. The molecule has 2 aliphatic rings. The molecule has 0 aromatic rings.